The number of benzene rings is 1. The molecule has 3 N–H and O–H groups in total. The standard InChI is InChI=1S/C17H27ClN2O/c1-2-3-4-5-6-7-8-9-13-20-17(21)16-14(18)11-10-12-15(16)19/h10-12H,2-9,13,19H2,1H3,(H,20,21). The van der Waals surface area contributed by atoms with Gasteiger partial charge >= 0.3 is 0 Å². The number of carbonyl (C=O) groups is 1. The first-order chi connectivity index (χ1) is 10.2. The maximum Gasteiger partial charge on any atom is 0.254 e. The van der Waals surface area contributed by atoms with Crippen molar-refractivity contribution in [2.75, 3.05) is 12.3 Å². The Labute approximate surface area is 133 Å². The zero-order valence-corrected chi connectivity index (χ0v) is 13.7. The number of anilines is 1. The van der Waals surface area contributed by atoms with E-state index in [-0.39, 0.29) is 5.91 Å². The summed E-state index contributed by atoms with van der Waals surface area (Å²) < 4.78 is 0. The van der Waals surface area contributed by atoms with Gasteiger partial charge in [-0.25, -0.2) is 0 Å². The van der Waals surface area contributed by atoms with Gasteiger partial charge in [0.05, 0.1) is 10.6 Å². The van der Waals surface area contributed by atoms with Crippen LogP contribution in [0.25, 0.3) is 0 Å². The quantitative estimate of drug-likeness (QED) is 0.482. The van der Waals surface area contributed by atoms with Crippen LogP contribution < -0.4 is 11.1 Å². The SMILES string of the molecule is CCCCCCCCCCNC(=O)c1c(N)cccc1Cl. The van der Waals surface area contributed by atoms with Gasteiger partial charge < -0.3 is 11.1 Å². The van der Waals surface area contributed by atoms with Crippen LogP contribution in [-0.4, -0.2) is 12.5 Å². The molecule has 3 nitrogen and oxygen atoms in total. The number of nitrogens with two attached hydrogens (primary N) is 1. The predicted molar refractivity (Wildman–Crippen MR) is 90.8 cm³/mol. The normalized spacial score (nSPS) is 10.6. The van der Waals surface area contributed by atoms with Crippen LogP contribution in [0.15, 0.2) is 18.2 Å². The zero-order chi connectivity index (χ0) is 15.5. The second kappa shape index (κ2) is 10.5. The van der Waals surface area contributed by atoms with Gasteiger partial charge in [-0.05, 0) is 18.6 Å². The van der Waals surface area contributed by atoms with E-state index in [1.54, 1.807) is 18.2 Å². The number of halogens is 1. The van der Waals surface area contributed by atoms with Crippen molar-refractivity contribution in [1.29, 1.82) is 0 Å². The Bertz CT molecular complexity index is 415. The molecule has 0 radical (unpaired) electrons. The molecule has 4 heteroatoms. The van der Waals surface area contributed by atoms with E-state index in [0.29, 0.717) is 22.8 Å². The Kier molecular flexibility index (Phi) is 8.91. The van der Waals surface area contributed by atoms with E-state index < -0.39 is 0 Å². The highest BCUT2D eigenvalue weighted by Gasteiger charge is 2.12. The van der Waals surface area contributed by atoms with Gasteiger partial charge in [0.25, 0.3) is 5.91 Å². The second-order valence-electron chi connectivity index (χ2n) is 5.43. The zero-order valence-electron chi connectivity index (χ0n) is 13.0. The first-order valence-corrected chi connectivity index (χ1v) is 8.36. The molecule has 1 aromatic carbocycles. The summed E-state index contributed by atoms with van der Waals surface area (Å²) in [5.74, 6) is -0.180. The van der Waals surface area contributed by atoms with Crippen LogP contribution in [0.2, 0.25) is 5.02 Å². The van der Waals surface area contributed by atoms with Crippen molar-refractivity contribution in [2.45, 2.75) is 58.3 Å². The van der Waals surface area contributed by atoms with Crippen molar-refractivity contribution in [3.63, 3.8) is 0 Å². The Balaban J connectivity index is 2.14. The molecule has 1 amide bonds. The average Bonchev–Trinajstić information content (AvgIpc) is 2.45. The molecule has 0 atom stereocenters. The number of hydrogen-bond acceptors (Lipinski definition) is 2. The summed E-state index contributed by atoms with van der Waals surface area (Å²) in [6.07, 6.45) is 10.0. The van der Waals surface area contributed by atoms with E-state index in [0.717, 1.165) is 12.8 Å². The van der Waals surface area contributed by atoms with Crippen LogP contribution in [0.1, 0.15) is 68.6 Å². The molecule has 1 aromatic rings. The van der Waals surface area contributed by atoms with Gasteiger partial charge in [0, 0.05) is 12.2 Å². The average molecular weight is 311 g/mol. The van der Waals surface area contributed by atoms with Crippen LogP contribution in [-0.2, 0) is 0 Å². The summed E-state index contributed by atoms with van der Waals surface area (Å²) in [7, 11) is 0. The van der Waals surface area contributed by atoms with Gasteiger partial charge in [-0.1, -0.05) is 69.5 Å². The highest BCUT2D eigenvalue weighted by atomic mass is 35.5. The number of hydrogen-bond donors (Lipinski definition) is 2. The Morgan fingerprint density at radius 3 is 2.33 bits per heavy atom. The highest BCUT2D eigenvalue weighted by Crippen LogP contribution is 2.21. The summed E-state index contributed by atoms with van der Waals surface area (Å²) in [6, 6.07) is 5.12. The van der Waals surface area contributed by atoms with E-state index in [2.05, 4.69) is 12.2 Å². The van der Waals surface area contributed by atoms with Gasteiger partial charge in [0.1, 0.15) is 0 Å². The van der Waals surface area contributed by atoms with Crippen LogP contribution in [0, 0.1) is 0 Å². The second-order valence-corrected chi connectivity index (χ2v) is 5.84. The highest BCUT2D eigenvalue weighted by molar-refractivity contribution is 6.34. The van der Waals surface area contributed by atoms with Crippen molar-refractivity contribution in [1.82, 2.24) is 5.32 Å². The number of nitrogens with one attached hydrogen (secondary N) is 1. The van der Waals surface area contributed by atoms with Crippen molar-refractivity contribution in [2.24, 2.45) is 0 Å². The predicted octanol–water partition coefficient (Wildman–Crippen LogP) is 4.79. The lowest BCUT2D eigenvalue weighted by Crippen LogP contribution is -2.25. The van der Waals surface area contributed by atoms with Gasteiger partial charge in [0.2, 0.25) is 0 Å². The molecule has 0 fully saturated rings. The first kappa shape index (κ1) is 17.8. The Hall–Kier alpha value is -1.22. The molecule has 0 aromatic heterocycles. The third-order valence-electron chi connectivity index (χ3n) is 3.59. The molecule has 0 aliphatic carbocycles. The fourth-order valence-electron chi connectivity index (χ4n) is 2.33. The largest absolute Gasteiger partial charge is 0.398 e. The van der Waals surface area contributed by atoms with Crippen molar-refractivity contribution in [3.8, 4) is 0 Å². The third kappa shape index (κ3) is 6.85. The lowest BCUT2D eigenvalue weighted by atomic mass is 10.1. The fraction of sp³-hybridized carbons (Fsp3) is 0.588. The molecule has 0 saturated heterocycles. The molecule has 0 heterocycles. The topological polar surface area (TPSA) is 55.1 Å². The summed E-state index contributed by atoms with van der Waals surface area (Å²) in [5.41, 5.74) is 6.60. The van der Waals surface area contributed by atoms with Crippen LogP contribution in [0.4, 0.5) is 5.69 Å². The number of nitrogen functional groups attached to an aromatic ring is 1. The molecule has 21 heavy (non-hydrogen) atoms. The number of unbranched alkanes of at least 4 members (excludes halogenated alkanes) is 7. The molecule has 0 bridgehead atoms. The lowest BCUT2D eigenvalue weighted by molar-refractivity contribution is 0.0954. The molecular weight excluding hydrogens is 284 g/mol. The number of amides is 1. The fourth-order valence-corrected chi connectivity index (χ4v) is 2.60. The van der Waals surface area contributed by atoms with Crippen molar-refractivity contribution in [3.05, 3.63) is 28.8 Å². The van der Waals surface area contributed by atoms with Crippen LogP contribution in [0.5, 0.6) is 0 Å². The van der Waals surface area contributed by atoms with E-state index in [1.807, 2.05) is 0 Å². The summed E-state index contributed by atoms with van der Waals surface area (Å²) in [4.78, 5) is 12.0. The molecule has 0 unspecified atom stereocenters. The lowest BCUT2D eigenvalue weighted by Gasteiger charge is -2.09. The van der Waals surface area contributed by atoms with Gasteiger partial charge in [-0.3, -0.25) is 4.79 Å². The first-order valence-electron chi connectivity index (χ1n) is 7.99. The molecule has 118 valence electrons. The monoisotopic (exact) mass is 310 g/mol. The van der Waals surface area contributed by atoms with Crippen LogP contribution in [0.3, 0.4) is 0 Å². The molecule has 0 spiro atoms. The maximum absolute atomic E-state index is 12.0. The number of rotatable bonds is 10. The summed E-state index contributed by atoms with van der Waals surface area (Å²) in [5, 5.41) is 3.29. The molecule has 0 aliphatic heterocycles. The smallest absolute Gasteiger partial charge is 0.254 e. The minimum absolute atomic E-state index is 0.180. The van der Waals surface area contributed by atoms with Gasteiger partial charge in [-0.2, -0.15) is 0 Å². The van der Waals surface area contributed by atoms with Gasteiger partial charge in [-0.15, -0.1) is 0 Å². The molecule has 0 saturated carbocycles. The van der Waals surface area contributed by atoms with Crippen molar-refractivity contribution < 1.29 is 4.79 Å². The summed E-state index contributed by atoms with van der Waals surface area (Å²) in [6.45, 7) is 2.91. The van der Waals surface area contributed by atoms with E-state index in [9.17, 15) is 4.79 Å². The van der Waals surface area contributed by atoms with E-state index in [1.165, 1.54) is 38.5 Å². The Morgan fingerprint density at radius 2 is 1.71 bits per heavy atom. The maximum atomic E-state index is 12.0. The minimum atomic E-state index is -0.180. The molecule has 1 rings (SSSR count). The van der Waals surface area contributed by atoms with Gasteiger partial charge in [0.15, 0.2) is 0 Å². The van der Waals surface area contributed by atoms with Crippen LogP contribution >= 0.6 is 11.6 Å². The number of carbonyl (C=O) groups excluding carboxylic acids is 1. The van der Waals surface area contributed by atoms with Crippen molar-refractivity contribution >= 4 is 23.2 Å². The third-order valence-corrected chi connectivity index (χ3v) is 3.90. The molecular formula is C17H27ClN2O. The summed E-state index contributed by atoms with van der Waals surface area (Å²) >= 11 is 6.01. The minimum Gasteiger partial charge on any atom is -0.398 e. The van der Waals surface area contributed by atoms with E-state index in [4.69, 9.17) is 17.3 Å². The van der Waals surface area contributed by atoms with E-state index >= 15 is 0 Å². The molecule has 0 aliphatic rings. The Morgan fingerprint density at radius 1 is 1.10 bits per heavy atom.